The minimum Gasteiger partial charge on any atom is -0.384 e. The van der Waals surface area contributed by atoms with Gasteiger partial charge in [-0.15, -0.1) is 12.4 Å². The monoisotopic (exact) mass is 297 g/mol. The average Bonchev–Trinajstić information content (AvgIpc) is 2.87. The van der Waals surface area contributed by atoms with Crippen LogP contribution in [0.4, 0.5) is 5.69 Å². The number of anilines is 1. The summed E-state index contributed by atoms with van der Waals surface area (Å²) in [6.07, 6.45) is 1.10. The van der Waals surface area contributed by atoms with Crippen LogP contribution in [0.5, 0.6) is 0 Å². The lowest BCUT2D eigenvalue weighted by Crippen LogP contribution is -2.36. The Morgan fingerprint density at radius 2 is 2.20 bits per heavy atom. The van der Waals surface area contributed by atoms with Gasteiger partial charge in [-0.1, -0.05) is 25.1 Å². The van der Waals surface area contributed by atoms with Gasteiger partial charge in [-0.3, -0.25) is 9.69 Å². The summed E-state index contributed by atoms with van der Waals surface area (Å²) in [5, 5.41) is 6.30. The molecule has 0 spiro atoms. The van der Waals surface area contributed by atoms with Crippen LogP contribution in [0.2, 0.25) is 0 Å². The van der Waals surface area contributed by atoms with E-state index in [0.29, 0.717) is 13.1 Å². The Balaban J connectivity index is 0.00000200. The van der Waals surface area contributed by atoms with Crippen LogP contribution < -0.4 is 10.6 Å². The number of fused-ring (bicyclic) bond motifs is 1. The molecule has 0 aliphatic carbocycles. The molecule has 4 nitrogen and oxygen atoms in total. The van der Waals surface area contributed by atoms with Gasteiger partial charge < -0.3 is 10.6 Å². The van der Waals surface area contributed by atoms with Crippen LogP contribution in [0.15, 0.2) is 18.2 Å². The molecular formula is C15H24ClN3O. The highest BCUT2D eigenvalue weighted by molar-refractivity contribution is 5.85. The van der Waals surface area contributed by atoms with Crippen LogP contribution in [0, 0.1) is 0 Å². The Morgan fingerprint density at radius 3 is 2.90 bits per heavy atom. The molecule has 1 aromatic carbocycles. The molecule has 112 valence electrons. The number of hydrogen-bond donors (Lipinski definition) is 2. The first-order valence-corrected chi connectivity index (χ1v) is 7.08. The lowest BCUT2D eigenvalue weighted by Gasteiger charge is -2.21. The van der Waals surface area contributed by atoms with Crippen molar-refractivity contribution in [2.75, 3.05) is 31.5 Å². The zero-order valence-corrected chi connectivity index (χ0v) is 13.1. The normalized spacial score (nSPS) is 12.6. The van der Waals surface area contributed by atoms with Crippen molar-refractivity contribution in [3.63, 3.8) is 0 Å². The summed E-state index contributed by atoms with van der Waals surface area (Å²) in [6, 6.07) is 6.44. The minimum absolute atomic E-state index is 0. The summed E-state index contributed by atoms with van der Waals surface area (Å²) in [6.45, 7) is 7.92. The third-order valence-electron chi connectivity index (χ3n) is 3.52. The van der Waals surface area contributed by atoms with Crippen LogP contribution in [0.3, 0.4) is 0 Å². The molecule has 20 heavy (non-hydrogen) atoms. The van der Waals surface area contributed by atoms with Gasteiger partial charge in [0.25, 0.3) is 0 Å². The Kier molecular flexibility index (Phi) is 6.82. The zero-order valence-electron chi connectivity index (χ0n) is 12.2. The lowest BCUT2D eigenvalue weighted by molar-refractivity contribution is -0.122. The van der Waals surface area contributed by atoms with Gasteiger partial charge in [0.2, 0.25) is 5.91 Å². The number of nitrogens with zero attached hydrogens (tertiary/aromatic N) is 1. The molecule has 0 fully saturated rings. The summed E-state index contributed by atoms with van der Waals surface area (Å²) in [5.41, 5.74) is 3.96. The molecule has 0 unspecified atom stereocenters. The standard InChI is InChI=1S/C15H23N3O.ClH/c1-3-16-14(19)11-18(4-2)10-13-7-5-6-12-8-9-17-15(12)13;/h5-7,17H,3-4,8-11H2,1-2H3,(H,16,19);1H. The highest BCUT2D eigenvalue weighted by Gasteiger charge is 2.16. The van der Waals surface area contributed by atoms with Gasteiger partial charge in [-0.25, -0.2) is 0 Å². The molecule has 0 saturated carbocycles. The van der Waals surface area contributed by atoms with Crippen molar-refractivity contribution in [2.45, 2.75) is 26.8 Å². The average molecular weight is 298 g/mol. The number of amides is 1. The van der Waals surface area contributed by atoms with E-state index in [0.717, 1.165) is 26.1 Å². The zero-order chi connectivity index (χ0) is 13.7. The summed E-state index contributed by atoms with van der Waals surface area (Å²) in [4.78, 5) is 13.8. The first-order chi connectivity index (χ1) is 9.24. The summed E-state index contributed by atoms with van der Waals surface area (Å²) in [7, 11) is 0. The Labute approximate surface area is 127 Å². The molecule has 0 bridgehead atoms. The van der Waals surface area contributed by atoms with Crippen molar-refractivity contribution in [1.82, 2.24) is 10.2 Å². The molecule has 0 aromatic heterocycles. The molecule has 1 aliphatic heterocycles. The molecule has 5 heteroatoms. The number of halogens is 1. The number of nitrogens with one attached hydrogen (secondary N) is 2. The van der Waals surface area contributed by atoms with Crippen LogP contribution in [-0.2, 0) is 17.8 Å². The van der Waals surface area contributed by atoms with E-state index in [-0.39, 0.29) is 18.3 Å². The van der Waals surface area contributed by atoms with Crippen LogP contribution >= 0.6 is 12.4 Å². The van der Waals surface area contributed by atoms with Crippen molar-refractivity contribution in [1.29, 1.82) is 0 Å². The van der Waals surface area contributed by atoms with Gasteiger partial charge in [-0.05, 0) is 31.0 Å². The highest BCUT2D eigenvalue weighted by Crippen LogP contribution is 2.27. The van der Waals surface area contributed by atoms with Gasteiger partial charge in [0.1, 0.15) is 0 Å². The minimum atomic E-state index is 0. The Bertz CT molecular complexity index is 451. The summed E-state index contributed by atoms with van der Waals surface area (Å²) < 4.78 is 0. The number of likely N-dealkylation sites (N-methyl/N-ethyl adjacent to an activating group) is 2. The van der Waals surface area contributed by atoms with Gasteiger partial charge >= 0.3 is 0 Å². The largest absolute Gasteiger partial charge is 0.384 e. The smallest absolute Gasteiger partial charge is 0.234 e. The fraction of sp³-hybridized carbons (Fsp3) is 0.533. The molecular weight excluding hydrogens is 274 g/mol. The van der Waals surface area contributed by atoms with E-state index in [1.165, 1.54) is 16.8 Å². The fourth-order valence-corrected chi connectivity index (χ4v) is 2.52. The first kappa shape index (κ1) is 16.8. The maximum atomic E-state index is 11.7. The van der Waals surface area contributed by atoms with E-state index in [4.69, 9.17) is 0 Å². The molecule has 1 aliphatic rings. The molecule has 0 radical (unpaired) electrons. The first-order valence-electron chi connectivity index (χ1n) is 7.08. The van der Waals surface area contributed by atoms with Crippen molar-refractivity contribution >= 4 is 24.0 Å². The van der Waals surface area contributed by atoms with Crippen LogP contribution in [0.1, 0.15) is 25.0 Å². The van der Waals surface area contributed by atoms with E-state index < -0.39 is 0 Å². The van der Waals surface area contributed by atoms with E-state index in [1.54, 1.807) is 0 Å². The lowest BCUT2D eigenvalue weighted by atomic mass is 10.1. The van der Waals surface area contributed by atoms with Crippen molar-refractivity contribution in [3.8, 4) is 0 Å². The van der Waals surface area contributed by atoms with Gasteiger partial charge in [0.15, 0.2) is 0 Å². The Morgan fingerprint density at radius 1 is 1.40 bits per heavy atom. The molecule has 2 rings (SSSR count). The second-order valence-corrected chi connectivity index (χ2v) is 4.88. The number of rotatable bonds is 6. The van der Waals surface area contributed by atoms with E-state index in [1.807, 2.05) is 6.92 Å². The third kappa shape index (κ3) is 4.12. The predicted molar refractivity (Wildman–Crippen MR) is 85.5 cm³/mol. The molecule has 0 atom stereocenters. The summed E-state index contributed by atoms with van der Waals surface area (Å²) in [5.74, 6) is 0.102. The molecule has 1 aromatic rings. The van der Waals surface area contributed by atoms with E-state index in [2.05, 4.69) is 40.7 Å². The molecule has 1 heterocycles. The number of carbonyl (C=O) groups is 1. The van der Waals surface area contributed by atoms with Gasteiger partial charge in [-0.2, -0.15) is 0 Å². The number of benzene rings is 1. The van der Waals surface area contributed by atoms with Gasteiger partial charge in [0, 0.05) is 25.3 Å². The van der Waals surface area contributed by atoms with E-state index in [9.17, 15) is 4.79 Å². The molecule has 2 N–H and O–H groups in total. The Hall–Kier alpha value is -1.26. The fourth-order valence-electron chi connectivity index (χ4n) is 2.52. The molecule has 1 amide bonds. The second-order valence-electron chi connectivity index (χ2n) is 4.88. The maximum absolute atomic E-state index is 11.7. The maximum Gasteiger partial charge on any atom is 0.234 e. The van der Waals surface area contributed by atoms with E-state index >= 15 is 0 Å². The van der Waals surface area contributed by atoms with Crippen molar-refractivity contribution < 1.29 is 4.79 Å². The SMILES string of the molecule is CCNC(=O)CN(CC)Cc1cccc2c1NCC2.Cl. The number of para-hydroxylation sites is 1. The third-order valence-corrected chi connectivity index (χ3v) is 3.52. The molecule has 0 saturated heterocycles. The van der Waals surface area contributed by atoms with Crippen LogP contribution in [-0.4, -0.2) is 37.0 Å². The topological polar surface area (TPSA) is 44.4 Å². The number of carbonyl (C=O) groups excluding carboxylic acids is 1. The quantitative estimate of drug-likeness (QED) is 0.844. The highest BCUT2D eigenvalue weighted by atomic mass is 35.5. The van der Waals surface area contributed by atoms with Crippen molar-refractivity contribution in [3.05, 3.63) is 29.3 Å². The van der Waals surface area contributed by atoms with Crippen molar-refractivity contribution in [2.24, 2.45) is 0 Å². The second kappa shape index (κ2) is 8.12. The number of hydrogen-bond acceptors (Lipinski definition) is 3. The van der Waals surface area contributed by atoms with Crippen LogP contribution in [0.25, 0.3) is 0 Å². The summed E-state index contributed by atoms with van der Waals surface area (Å²) >= 11 is 0. The predicted octanol–water partition coefficient (Wildman–Crippen LogP) is 2.03. The van der Waals surface area contributed by atoms with Gasteiger partial charge in [0.05, 0.1) is 6.54 Å².